The van der Waals surface area contributed by atoms with Crippen molar-refractivity contribution in [3.05, 3.63) is 12.4 Å². The van der Waals surface area contributed by atoms with Gasteiger partial charge < -0.3 is 0 Å². The Labute approximate surface area is 73.8 Å². The zero-order valence-corrected chi connectivity index (χ0v) is 7.58. The average Bonchev–Trinajstić information content (AvgIpc) is 2.58. The molecule has 2 heteroatoms. The maximum absolute atomic E-state index is 4.30. The molecule has 1 aliphatic carbocycles. The molecule has 1 heterocycles. The van der Waals surface area contributed by atoms with E-state index in [1.807, 2.05) is 0 Å². The van der Waals surface area contributed by atoms with Crippen LogP contribution in [0.25, 0.3) is 0 Å². The summed E-state index contributed by atoms with van der Waals surface area (Å²) in [4.78, 5) is 4.30. The Kier molecular flexibility index (Phi) is 1.91. The Bertz CT molecular complexity index is 222. The smallest absolute Gasteiger partial charge is 0.134 e. The van der Waals surface area contributed by atoms with Crippen LogP contribution in [0, 0.1) is 5.41 Å². The van der Waals surface area contributed by atoms with Crippen molar-refractivity contribution < 1.29 is 0 Å². The van der Waals surface area contributed by atoms with Crippen LogP contribution in [0.5, 0.6) is 0 Å². The molecular formula is C10H15N2. The second-order valence-corrected chi connectivity index (χ2v) is 4.00. The van der Waals surface area contributed by atoms with Gasteiger partial charge in [0.25, 0.3) is 0 Å². The van der Waals surface area contributed by atoms with E-state index >= 15 is 0 Å². The zero-order chi connectivity index (χ0) is 8.44. The van der Waals surface area contributed by atoms with Crippen molar-refractivity contribution in [1.82, 2.24) is 5.32 Å². The molecule has 0 spiro atoms. The average molecular weight is 163 g/mol. The van der Waals surface area contributed by atoms with Crippen LogP contribution in [0.15, 0.2) is 17.4 Å². The summed E-state index contributed by atoms with van der Waals surface area (Å²) in [5.74, 6) is 1.06. The number of hydrogen-bond acceptors (Lipinski definition) is 1. The molecule has 0 aromatic rings. The predicted molar refractivity (Wildman–Crippen MR) is 49.9 cm³/mol. The molecule has 2 nitrogen and oxygen atoms in total. The standard InChI is InChI=1S/C10H15N2/c1-10(5-3-2-4-6-10)9-11-7-8-12-9/h7-8H,2-6H2,1H3. The van der Waals surface area contributed by atoms with Crippen molar-refractivity contribution in [3.63, 3.8) is 0 Å². The minimum absolute atomic E-state index is 0.280. The van der Waals surface area contributed by atoms with Crippen LogP contribution in [0.4, 0.5) is 0 Å². The SMILES string of the molecule is CC1(C2=NC=C[N]2)CCCCC1. The van der Waals surface area contributed by atoms with Gasteiger partial charge in [-0.1, -0.05) is 26.2 Å². The zero-order valence-electron chi connectivity index (χ0n) is 7.58. The third-order valence-electron chi connectivity index (χ3n) is 2.96. The van der Waals surface area contributed by atoms with Gasteiger partial charge in [0.1, 0.15) is 5.84 Å². The van der Waals surface area contributed by atoms with Gasteiger partial charge in [0.15, 0.2) is 0 Å². The molecule has 1 aliphatic heterocycles. The van der Waals surface area contributed by atoms with Crippen LogP contribution >= 0.6 is 0 Å². The van der Waals surface area contributed by atoms with Crippen LogP contribution in [0.1, 0.15) is 39.0 Å². The third kappa shape index (κ3) is 1.26. The summed E-state index contributed by atoms with van der Waals surface area (Å²) >= 11 is 0. The first-order valence-electron chi connectivity index (χ1n) is 4.75. The molecule has 2 rings (SSSR count). The molecule has 2 aliphatic rings. The maximum Gasteiger partial charge on any atom is 0.134 e. The normalized spacial score (nSPS) is 26.6. The molecule has 1 saturated carbocycles. The number of nitrogens with zero attached hydrogens (tertiary/aromatic N) is 2. The monoisotopic (exact) mass is 163 g/mol. The van der Waals surface area contributed by atoms with Crippen molar-refractivity contribution >= 4 is 5.84 Å². The summed E-state index contributed by atoms with van der Waals surface area (Å²) in [6.45, 7) is 2.29. The summed E-state index contributed by atoms with van der Waals surface area (Å²) in [5.41, 5.74) is 0.280. The van der Waals surface area contributed by atoms with Gasteiger partial charge in [-0.2, -0.15) is 0 Å². The quantitative estimate of drug-likeness (QED) is 0.567. The van der Waals surface area contributed by atoms with Crippen LogP contribution in [0.2, 0.25) is 0 Å². The minimum Gasteiger partial charge on any atom is -0.239 e. The minimum atomic E-state index is 0.280. The fourth-order valence-corrected chi connectivity index (χ4v) is 2.11. The van der Waals surface area contributed by atoms with E-state index < -0.39 is 0 Å². The second kappa shape index (κ2) is 2.92. The number of amidine groups is 1. The lowest BCUT2D eigenvalue weighted by atomic mass is 9.75. The molecule has 12 heavy (non-hydrogen) atoms. The van der Waals surface area contributed by atoms with E-state index in [4.69, 9.17) is 0 Å². The van der Waals surface area contributed by atoms with Crippen LogP contribution in [0.3, 0.4) is 0 Å². The van der Waals surface area contributed by atoms with Gasteiger partial charge in [-0.3, -0.25) is 0 Å². The van der Waals surface area contributed by atoms with Crippen LogP contribution in [-0.2, 0) is 0 Å². The summed E-state index contributed by atoms with van der Waals surface area (Å²) in [7, 11) is 0. The molecule has 0 N–H and O–H groups in total. The van der Waals surface area contributed by atoms with Crippen LogP contribution in [-0.4, -0.2) is 5.84 Å². The summed E-state index contributed by atoms with van der Waals surface area (Å²) < 4.78 is 0. The molecule has 0 atom stereocenters. The topological polar surface area (TPSA) is 26.5 Å². The van der Waals surface area contributed by atoms with E-state index in [9.17, 15) is 0 Å². The van der Waals surface area contributed by atoms with Crippen molar-refractivity contribution in [1.29, 1.82) is 0 Å². The van der Waals surface area contributed by atoms with Gasteiger partial charge in [-0.25, -0.2) is 10.3 Å². The molecule has 0 bridgehead atoms. The molecule has 0 aromatic heterocycles. The van der Waals surface area contributed by atoms with E-state index in [-0.39, 0.29) is 5.41 Å². The lowest BCUT2D eigenvalue weighted by Gasteiger charge is -2.32. The van der Waals surface area contributed by atoms with Gasteiger partial charge in [0.05, 0.1) is 0 Å². The highest BCUT2D eigenvalue weighted by Crippen LogP contribution is 2.37. The summed E-state index contributed by atoms with van der Waals surface area (Å²) in [6, 6.07) is 0. The first-order chi connectivity index (χ1) is 5.81. The molecule has 1 fully saturated rings. The van der Waals surface area contributed by atoms with Gasteiger partial charge in [-0.05, 0) is 12.8 Å². The van der Waals surface area contributed by atoms with Gasteiger partial charge in [0, 0.05) is 17.8 Å². The van der Waals surface area contributed by atoms with E-state index in [2.05, 4.69) is 17.2 Å². The maximum atomic E-state index is 4.30. The highest BCUT2D eigenvalue weighted by molar-refractivity contribution is 5.90. The molecule has 0 amide bonds. The van der Waals surface area contributed by atoms with Crippen molar-refractivity contribution in [2.45, 2.75) is 39.0 Å². The Hall–Kier alpha value is -0.790. The number of hydrogen-bond donors (Lipinski definition) is 0. The molecule has 0 unspecified atom stereocenters. The van der Waals surface area contributed by atoms with E-state index in [0.29, 0.717) is 0 Å². The molecule has 65 valence electrons. The summed E-state index contributed by atoms with van der Waals surface area (Å²) in [5, 5.41) is 4.30. The van der Waals surface area contributed by atoms with Crippen molar-refractivity contribution in [3.8, 4) is 0 Å². The highest BCUT2D eigenvalue weighted by Gasteiger charge is 2.33. The number of rotatable bonds is 1. The Morgan fingerprint density at radius 3 is 2.50 bits per heavy atom. The van der Waals surface area contributed by atoms with Gasteiger partial charge >= 0.3 is 0 Å². The van der Waals surface area contributed by atoms with Gasteiger partial charge in [-0.15, -0.1) is 0 Å². The fourth-order valence-electron chi connectivity index (χ4n) is 2.11. The van der Waals surface area contributed by atoms with Crippen molar-refractivity contribution in [2.24, 2.45) is 10.4 Å². The molecule has 1 radical (unpaired) electrons. The Balaban J connectivity index is 2.08. The summed E-state index contributed by atoms with van der Waals surface area (Å²) in [6.07, 6.45) is 10.2. The van der Waals surface area contributed by atoms with E-state index in [0.717, 1.165) is 5.84 Å². The van der Waals surface area contributed by atoms with Gasteiger partial charge in [0.2, 0.25) is 0 Å². The lowest BCUT2D eigenvalue weighted by Crippen LogP contribution is -2.33. The van der Waals surface area contributed by atoms with Crippen LogP contribution < -0.4 is 5.32 Å². The van der Waals surface area contributed by atoms with Crippen molar-refractivity contribution in [2.75, 3.05) is 0 Å². The lowest BCUT2D eigenvalue weighted by molar-refractivity contribution is 0.307. The Morgan fingerprint density at radius 2 is 1.92 bits per heavy atom. The first-order valence-corrected chi connectivity index (χ1v) is 4.75. The number of aliphatic imine (C=N–C) groups is 1. The first kappa shape index (κ1) is 7.84. The van der Waals surface area contributed by atoms with E-state index in [1.54, 1.807) is 12.4 Å². The molecule has 0 aromatic carbocycles. The van der Waals surface area contributed by atoms with E-state index in [1.165, 1.54) is 32.1 Å². The fraction of sp³-hybridized carbons (Fsp3) is 0.700. The highest BCUT2D eigenvalue weighted by atomic mass is 15.0. The Morgan fingerprint density at radius 1 is 1.17 bits per heavy atom. The molecule has 0 saturated heterocycles. The molecular weight excluding hydrogens is 148 g/mol. The second-order valence-electron chi connectivity index (χ2n) is 4.00. The largest absolute Gasteiger partial charge is 0.239 e. The predicted octanol–water partition coefficient (Wildman–Crippen LogP) is 2.44. The third-order valence-corrected chi connectivity index (χ3v) is 2.96.